The molecule has 2 aliphatic rings. The van der Waals surface area contributed by atoms with Crippen LogP contribution in [0, 0.1) is 11.8 Å². The summed E-state index contributed by atoms with van der Waals surface area (Å²) >= 11 is 0. The van der Waals surface area contributed by atoms with E-state index in [1.165, 1.54) is 59.2 Å². The van der Waals surface area contributed by atoms with Crippen LogP contribution >= 0.6 is 0 Å². The number of ether oxygens (including phenoxy) is 4. The van der Waals surface area contributed by atoms with E-state index in [4.69, 9.17) is 18.9 Å². The smallest absolute Gasteiger partial charge is 0.260 e. The Morgan fingerprint density at radius 3 is 1.87 bits per heavy atom. The van der Waals surface area contributed by atoms with Crippen LogP contribution in [0.4, 0.5) is 0 Å². The number of ketones is 1. The van der Waals surface area contributed by atoms with E-state index >= 15 is 0 Å². The maximum absolute atomic E-state index is 13.6. The fourth-order valence-electron chi connectivity index (χ4n) is 5.68. The van der Waals surface area contributed by atoms with Crippen LogP contribution in [-0.2, 0) is 15.3 Å². The van der Waals surface area contributed by atoms with Crippen molar-refractivity contribution in [3.63, 3.8) is 0 Å². The van der Waals surface area contributed by atoms with Gasteiger partial charge in [0.2, 0.25) is 5.78 Å². The number of rotatable bonds is 16. The molecule has 2 atom stereocenters. The molecule has 0 aliphatic heterocycles. The topological polar surface area (TPSA) is 94.5 Å². The van der Waals surface area contributed by atoms with Crippen LogP contribution < -0.4 is 9.47 Å². The van der Waals surface area contributed by atoms with Crippen LogP contribution in [0.5, 0.6) is 11.5 Å². The van der Waals surface area contributed by atoms with Gasteiger partial charge < -0.3 is 29.2 Å². The molecule has 2 aromatic carbocycles. The van der Waals surface area contributed by atoms with Gasteiger partial charge in [-0.25, -0.2) is 0 Å². The minimum absolute atomic E-state index is 0.228. The first kappa shape index (κ1) is 29.5. The normalized spacial score (nSPS) is 17.9. The lowest BCUT2D eigenvalue weighted by molar-refractivity contribution is -0.176. The minimum atomic E-state index is -1.62. The minimum Gasteiger partial charge on any atom is -0.491 e. The molecule has 214 valence electrons. The fourth-order valence-corrected chi connectivity index (χ4v) is 5.68. The SMILES string of the molecule is COC(OC)(C(=O)c1ccc(OCC(O)CCC2CCC2)cc1)c1ccc(OCC(O)CC2CCCC2)cc1. The summed E-state index contributed by atoms with van der Waals surface area (Å²) in [6, 6.07) is 13.8. The van der Waals surface area contributed by atoms with Crippen LogP contribution in [-0.4, -0.2) is 55.6 Å². The number of benzene rings is 2. The Kier molecular flexibility index (Phi) is 10.8. The molecule has 0 aromatic heterocycles. The number of carbonyl (C=O) groups is 1. The van der Waals surface area contributed by atoms with E-state index in [0.29, 0.717) is 28.5 Å². The first-order chi connectivity index (χ1) is 18.9. The lowest BCUT2D eigenvalue weighted by atomic mass is 9.81. The summed E-state index contributed by atoms with van der Waals surface area (Å²) in [4.78, 5) is 13.6. The van der Waals surface area contributed by atoms with Crippen molar-refractivity contribution in [2.75, 3.05) is 27.4 Å². The maximum atomic E-state index is 13.6. The van der Waals surface area contributed by atoms with Gasteiger partial charge in [-0.2, -0.15) is 0 Å². The standard InChI is InChI=1S/C32H44O7/c1-36-32(37-2,26-13-18-30(19-14-26)39-22-28(34)20-24-6-3-4-7-24)31(35)25-11-16-29(17-12-25)38-21-27(33)15-10-23-8-5-9-23/h11-14,16-19,23-24,27-28,33-34H,3-10,15,20-22H2,1-2H3. The summed E-state index contributed by atoms with van der Waals surface area (Å²) in [5, 5.41) is 20.6. The predicted molar refractivity (Wildman–Crippen MR) is 149 cm³/mol. The molecule has 0 bridgehead atoms. The summed E-state index contributed by atoms with van der Waals surface area (Å²) in [6.45, 7) is 0.465. The van der Waals surface area contributed by atoms with Crippen molar-refractivity contribution >= 4 is 5.78 Å². The molecule has 2 aliphatic carbocycles. The van der Waals surface area contributed by atoms with Crippen molar-refractivity contribution in [2.45, 2.75) is 82.2 Å². The van der Waals surface area contributed by atoms with Gasteiger partial charge in [-0.05, 0) is 79.6 Å². The average molecular weight is 541 g/mol. The molecule has 2 unspecified atom stereocenters. The second-order valence-corrected chi connectivity index (χ2v) is 11.1. The van der Waals surface area contributed by atoms with E-state index in [1.807, 2.05) is 0 Å². The zero-order chi connectivity index (χ0) is 27.7. The molecule has 0 saturated heterocycles. The van der Waals surface area contributed by atoms with E-state index in [-0.39, 0.29) is 19.0 Å². The third kappa shape index (κ3) is 7.82. The van der Waals surface area contributed by atoms with Gasteiger partial charge in [-0.15, -0.1) is 0 Å². The van der Waals surface area contributed by atoms with Crippen LogP contribution in [0.25, 0.3) is 0 Å². The van der Waals surface area contributed by atoms with Crippen molar-refractivity contribution in [3.05, 3.63) is 59.7 Å². The van der Waals surface area contributed by atoms with Gasteiger partial charge in [0.1, 0.15) is 24.7 Å². The van der Waals surface area contributed by atoms with E-state index < -0.39 is 18.0 Å². The van der Waals surface area contributed by atoms with E-state index in [2.05, 4.69) is 0 Å². The highest BCUT2D eigenvalue weighted by atomic mass is 16.7. The first-order valence-corrected chi connectivity index (χ1v) is 14.4. The zero-order valence-corrected chi connectivity index (χ0v) is 23.3. The molecule has 2 N–H and O–H groups in total. The Labute approximate surface area is 232 Å². The molecule has 7 heteroatoms. The van der Waals surface area contributed by atoms with Crippen LogP contribution in [0.15, 0.2) is 48.5 Å². The molecule has 39 heavy (non-hydrogen) atoms. The number of aliphatic hydroxyl groups excluding tert-OH is 2. The number of carbonyl (C=O) groups excluding carboxylic acids is 1. The fraction of sp³-hybridized carbons (Fsp3) is 0.594. The van der Waals surface area contributed by atoms with Crippen molar-refractivity contribution in [1.82, 2.24) is 0 Å². The van der Waals surface area contributed by atoms with Crippen LogP contribution in [0.1, 0.15) is 80.1 Å². The highest BCUT2D eigenvalue weighted by molar-refractivity contribution is 6.02. The molecular formula is C32H44O7. The Balaban J connectivity index is 1.32. The monoisotopic (exact) mass is 540 g/mol. The number of methoxy groups -OCH3 is 2. The lowest BCUT2D eigenvalue weighted by Gasteiger charge is -2.30. The molecule has 2 aromatic rings. The van der Waals surface area contributed by atoms with Gasteiger partial charge in [0.15, 0.2) is 0 Å². The van der Waals surface area contributed by atoms with Gasteiger partial charge in [0.25, 0.3) is 5.79 Å². The third-order valence-electron chi connectivity index (χ3n) is 8.32. The van der Waals surface area contributed by atoms with Crippen molar-refractivity contribution in [3.8, 4) is 11.5 Å². The second kappa shape index (κ2) is 14.3. The molecule has 7 nitrogen and oxygen atoms in total. The zero-order valence-electron chi connectivity index (χ0n) is 23.3. The predicted octanol–water partition coefficient (Wildman–Crippen LogP) is 5.66. The van der Waals surface area contributed by atoms with Gasteiger partial charge >= 0.3 is 0 Å². The van der Waals surface area contributed by atoms with Gasteiger partial charge in [0.05, 0.1) is 12.2 Å². The van der Waals surface area contributed by atoms with E-state index in [1.54, 1.807) is 48.5 Å². The molecule has 4 rings (SSSR count). The molecule has 0 heterocycles. The van der Waals surface area contributed by atoms with Crippen molar-refractivity contribution < 1.29 is 34.0 Å². The summed E-state index contributed by atoms with van der Waals surface area (Å²) in [5.74, 6) is 0.575. The quantitative estimate of drug-likeness (QED) is 0.210. The highest BCUT2D eigenvalue weighted by Gasteiger charge is 2.41. The Morgan fingerprint density at radius 1 is 0.795 bits per heavy atom. The average Bonchev–Trinajstić information content (AvgIpc) is 3.44. The largest absolute Gasteiger partial charge is 0.491 e. The molecule has 0 amide bonds. The number of aliphatic hydroxyl groups is 2. The Bertz CT molecular complexity index is 1010. The number of hydrogen-bond acceptors (Lipinski definition) is 7. The van der Waals surface area contributed by atoms with Gasteiger partial charge in [-0.3, -0.25) is 4.79 Å². The molecule has 2 saturated carbocycles. The summed E-state index contributed by atoms with van der Waals surface area (Å²) in [7, 11) is 2.88. The van der Waals surface area contributed by atoms with E-state index in [9.17, 15) is 15.0 Å². The van der Waals surface area contributed by atoms with Gasteiger partial charge in [0, 0.05) is 25.3 Å². The van der Waals surface area contributed by atoms with Crippen molar-refractivity contribution in [2.24, 2.45) is 11.8 Å². The molecule has 0 radical (unpaired) electrons. The highest BCUT2D eigenvalue weighted by Crippen LogP contribution is 2.33. The summed E-state index contributed by atoms with van der Waals surface area (Å²) < 4.78 is 22.9. The second-order valence-electron chi connectivity index (χ2n) is 11.1. The Morgan fingerprint density at radius 2 is 1.33 bits per heavy atom. The molecule has 2 fully saturated rings. The van der Waals surface area contributed by atoms with E-state index in [0.717, 1.165) is 25.2 Å². The molecular weight excluding hydrogens is 496 g/mol. The van der Waals surface area contributed by atoms with Crippen LogP contribution in [0.2, 0.25) is 0 Å². The Hall–Kier alpha value is -2.45. The molecule has 0 spiro atoms. The number of Topliss-reactive ketones (excluding diaryl/α,β-unsaturated/α-hetero) is 1. The first-order valence-electron chi connectivity index (χ1n) is 14.4. The van der Waals surface area contributed by atoms with Crippen molar-refractivity contribution in [1.29, 1.82) is 0 Å². The van der Waals surface area contributed by atoms with Crippen LogP contribution in [0.3, 0.4) is 0 Å². The summed E-state index contributed by atoms with van der Waals surface area (Å²) in [5.41, 5.74) is 0.943. The van der Waals surface area contributed by atoms with Gasteiger partial charge in [-0.1, -0.05) is 44.9 Å². The number of hydrogen-bond donors (Lipinski definition) is 2. The third-order valence-corrected chi connectivity index (χ3v) is 8.32. The maximum Gasteiger partial charge on any atom is 0.260 e. The lowest BCUT2D eigenvalue weighted by Crippen LogP contribution is -2.40. The summed E-state index contributed by atoms with van der Waals surface area (Å²) in [6.07, 6.45) is 10.3.